The number of anilines is 2. The van der Waals surface area contributed by atoms with E-state index in [1.165, 1.54) is 0 Å². The molecule has 8 heteroatoms. The van der Waals surface area contributed by atoms with Crippen LogP contribution in [0.15, 0.2) is 24.3 Å². The van der Waals surface area contributed by atoms with Gasteiger partial charge in [0.15, 0.2) is 5.65 Å². The van der Waals surface area contributed by atoms with Crippen LogP contribution in [0.2, 0.25) is 5.02 Å². The summed E-state index contributed by atoms with van der Waals surface area (Å²) in [5, 5.41) is 8.80. The van der Waals surface area contributed by atoms with Crippen molar-refractivity contribution < 1.29 is 9.53 Å². The Morgan fingerprint density at radius 1 is 1.21 bits per heavy atom. The number of benzene rings is 1. The van der Waals surface area contributed by atoms with Crippen molar-refractivity contribution in [3.05, 3.63) is 46.2 Å². The number of aromatic nitrogens is 3. The molecule has 4 rings (SSSR count). The highest BCUT2D eigenvalue weighted by Gasteiger charge is 2.21. The van der Waals surface area contributed by atoms with Crippen LogP contribution in [0.4, 0.5) is 11.4 Å². The third-order valence-electron chi connectivity index (χ3n) is 4.90. The quantitative estimate of drug-likeness (QED) is 0.731. The first-order chi connectivity index (χ1) is 13.4. The van der Waals surface area contributed by atoms with E-state index in [0.29, 0.717) is 35.1 Å². The Morgan fingerprint density at radius 2 is 1.96 bits per heavy atom. The Bertz CT molecular complexity index is 1060. The molecule has 3 heterocycles. The van der Waals surface area contributed by atoms with Crippen LogP contribution in [-0.4, -0.2) is 47.0 Å². The fraction of sp³-hybridized carbons (Fsp3) is 0.350. The lowest BCUT2D eigenvalue weighted by Crippen LogP contribution is -2.36. The van der Waals surface area contributed by atoms with Gasteiger partial charge in [0.05, 0.1) is 41.2 Å². The van der Waals surface area contributed by atoms with E-state index in [9.17, 15) is 4.79 Å². The van der Waals surface area contributed by atoms with Crippen molar-refractivity contribution in [2.45, 2.75) is 13.8 Å². The van der Waals surface area contributed by atoms with Crippen LogP contribution in [-0.2, 0) is 11.8 Å². The van der Waals surface area contributed by atoms with E-state index in [2.05, 4.69) is 20.3 Å². The standard InChI is InChI=1S/C20H22ClN5O2/c1-12-10-15(18-13(2)24-25(3)19(18)22-12)20(27)23-16-11-14(21)4-5-17(16)26-6-8-28-9-7-26/h4-5,10-11H,6-9H2,1-3H3,(H,23,27). The summed E-state index contributed by atoms with van der Waals surface area (Å²) in [5.74, 6) is -0.205. The van der Waals surface area contributed by atoms with Gasteiger partial charge in [-0.15, -0.1) is 0 Å². The molecule has 1 aromatic carbocycles. The molecule has 0 spiro atoms. The first-order valence-corrected chi connectivity index (χ1v) is 9.56. The maximum atomic E-state index is 13.2. The molecule has 1 amide bonds. The number of morpholine rings is 1. The van der Waals surface area contributed by atoms with Gasteiger partial charge in [0.2, 0.25) is 0 Å². The Labute approximate surface area is 168 Å². The number of carbonyl (C=O) groups excluding carboxylic acids is 1. The van der Waals surface area contributed by atoms with Gasteiger partial charge in [-0.3, -0.25) is 9.48 Å². The van der Waals surface area contributed by atoms with Crippen LogP contribution in [0.5, 0.6) is 0 Å². The third-order valence-corrected chi connectivity index (χ3v) is 5.14. The molecule has 3 aromatic rings. The molecule has 2 aromatic heterocycles. The lowest BCUT2D eigenvalue weighted by atomic mass is 10.1. The number of nitrogens with one attached hydrogen (secondary N) is 1. The fourth-order valence-electron chi connectivity index (χ4n) is 3.63. The van der Waals surface area contributed by atoms with Crippen molar-refractivity contribution in [2.24, 2.45) is 7.05 Å². The number of amides is 1. The number of aryl methyl sites for hydroxylation is 3. The van der Waals surface area contributed by atoms with E-state index in [0.717, 1.165) is 35.6 Å². The zero-order chi connectivity index (χ0) is 19.8. The molecule has 0 unspecified atom stereocenters. The molecule has 0 radical (unpaired) electrons. The fourth-order valence-corrected chi connectivity index (χ4v) is 3.80. The van der Waals surface area contributed by atoms with E-state index in [-0.39, 0.29) is 5.91 Å². The number of halogens is 1. The van der Waals surface area contributed by atoms with Crippen molar-refractivity contribution in [1.29, 1.82) is 0 Å². The number of ether oxygens (including phenoxy) is 1. The Hall–Kier alpha value is -2.64. The maximum Gasteiger partial charge on any atom is 0.256 e. The summed E-state index contributed by atoms with van der Waals surface area (Å²) in [7, 11) is 1.83. The second kappa shape index (κ2) is 7.41. The summed E-state index contributed by atoms with van der Waals surface area (Å²) in [6.07, 6.45) is 0. The largest absolute Gasteiger partial charge is 0.378 e. The minimum absolute atomic E-state index is 0.205. The van der Waals surface area contributed by atoms with Gasteiger partial charge < -0.3 is 15.0 Å². The third kappa shape index (κ3) is 3.43. The van der Waals surface area contributed by atoms with Gasteiger partial charge in [0.25, 0.3) is 5.91 Å². The van der Waals surface area contributed by atoms with E-state index >= 15 is 0 Å². The molecule has 0 bridgehead atoms. The number of carbonyl (C=O) groups is 1. The van der Waals surface area contributed by atoms with Crippen LogP contribution in [0.1, 0.15) is 21.7 Å². The minimum Gasteiger partial charge on any atom is -0.378 e. The molecule has 0 saturated carbocycles. The van der Waals surface area contributed by atoms with Crippen LogP contribution in [0.25, 0.3) is 11.0 Å². The maximum absolute atomic E-state index is 13.2. The molecular formula is C20H22ClN5O2. The molecule has 1 fully saturated rings. The highest BCUT2D eigenvalue weighted by atomic mass is 35.5. The molecule has 28 heavy (non-hydrogen) atoms. The highest BCUT2D eigenvalue weighted by Crippen LogP contribution is 2.31. The summed E-state index contributed by atoms with van der Waals surface area (Å²) in [6.45, 7) is 6.62. The monoisotopic (exact) mass is 399 g/mol. The molecule has 0 atom stereocenters. The summed E-state index contributed by atoms with van der Waals surface area (Å²) in [4.78, 5) is 19.9. The lowest BCUT2D eigenvalue weighted by Gasteiger charge is -2.30. The second-order valence-electron chi connectivity index (χ2n) is 6.93. The number of fused-ring (bicyclic) bond motifs is 1. The topological polar surface area (TPSA) is 72.3 Å². The molecule has 1 aliphatic heterocycles. The van der Waals surface area contributed by atoms with Crippen LogP contribution < -0.4 is 10.2 Å². The average molecular weight is 400 g/mol. The Kier molecular flexibility index (Phi) is 4.95. The Morgan fingerprint density at radius 3 is 2.71 bits per heavy atom. The lowest BCUT2D eigenvalue weighted by molar-refractivity contribution is 0.102. The van der Waals surface area contributed by atoms with E-state index in [4.69, 9.17) is 16.3 Å². The number of hydrogen-bond donors (Lipinski definition) is 1. The van der Waals surface area contributed by atoms with Gasteiger partial charge in [-0.05, 0) is 38.1 Å². The zero-order valence-corrected chi connectivity index (χ0v) is 16.9. The number of nitrogens with zero attached hydrogens (tertiary/aromatic N) is 4. The SMILES string of the molecule is Cc1cc(C(=O)Nc2cc(Cl)ccc2N2CCOCC2)c2c(C)nn(C)c2n1. The van der Waals surface area contributed by atoms with Gasteiger partial charge in [-0.1, -0.05) is 11.6 Å². The smallest absolute Gasteiger partial charge is 0.256 e. The normalized spacial score (nSPS) is 14.5. The zero-order valence-electron chi connectivity index (χ0n) is 16.1. The molecule has 146 valence electrons. The van der Waals surface area contributed by atoms with Gasteiger partial charge >= 0.3 is 0 Å². The van der Waals surface area contributed by atoms with Crippen molar-refractivity contribution in [3.63, 3.8) is 0 Å². The molecule has 7 nitrogen and oxygen atoms in total. The summed E-state index contributed by atoms with van der Waals surface area (Å²) in [5.41, 5.74) is 4.41. The molecule has 0 aliphatic carbocycles. The van der Waals surface area contributed by atoms with Crippen molar-refractivity contribution >= 4 is 39.9 Å². The Balaban J connectivity index is 1.73. The van der Waals surface area contributed by atoms with Crippen LogP contribution >= 0.6 is 11.6 Å². The molecule has 1 aliphatic rings. The predicted octanol–water partition coefficient (Wildman–Crippen LogP) is 3.33. The van der Waals surface area contributed by atoms with Gasteiger partial charge in [-0.2, -0.15) is 5.10 Å². The van der Waals surface area contributed by atoms with Crippen LogP contribution in [0.3, 0.4) is 0 Å². The summed E-state index contributed by atoms with van der Waals surface area (Å²) in [6, 6.07) is 7.35. The summed E-state index contributed by atoms with van der Waals surface area (Å²) >= 11 is 6.22. The van der Waals surface area contributed by atoms with Crippen molar-refractivity contribution in [1.82, 2.24) is 14.8 Å². The summed E-state index contributed by atoms with van der Waals surface area (Å²) < 4.78 is 7.14. The van der Waals surface area contributed by atoms with Gasteiger partial charge in [0.1, 0.15) is 0 Å². The van der Waals surface area contributed by atoms with E-state index < -0.39 is 0 Å². The van der Waals surface area contributed by atoms with E-state index in [1.54, 1.807) is 16.8 Å². The van der Waals surface area contributed by atoms with Gasteiger partial charge in [0, 0.05) is 30.9 Å². The van der Waals surface area contributed by atoms with Gasteiger partial charge in [-0.25, -0.2) is 4.98 Å². The van der Waals surface area contributed by atoms with Crippen LogP contribution in [0, 0.1) is 13.8 Å². The number of hydrogen-bond acceptors (Lipinski definition) is 5. The first kappa shape index (κ1) is 18.7. The number of pyridine rings is 1. The minimum atomic E-state index is -0.205. The highest BCUT2D eigenvalue weighted by molar-refractivity contribution is 6.31. The molecule has 1 N–H and O–H groups in total. The average Bonchev–Trinajstić information content (AvgIpc) is 2.95. The second-order valence-corrected chi connectivity index (χ2v) is 7.37. The first-order valence-electron chi connectivity index (χ1n) is 9.18. The number of rotatable bonds is 3. The molecular weight excluding hydrogens is 378 g/mol. The molecule has 1 saturated heterocycles. The predicted molar refractivity (Wildman–Crippen MR) is 110 cm³/mol. The van der Waals surface area contributed by atoms with Crippen molar-refractivity contribution in [3.8, 4) is 0 Å². The van der Waals surface area contributed by atoms with E-state index in [1.807, 2.05) is 33.0 Å². The van der Waals surface area contributed by atoms with Crippen molar-refractivity contribution in [2.75, 3.05) is 36.5 Å².